The average Bonchev–Trinajstić information content (AvgIpc) is 2.81. The van der Waals surface area contributed by atoms with Crippen LogP contribution in [0.15, 0.2) is 24.3 Å². The van der Waals surface area contributed by atoms with E-state index in [0.717, 1.165) is 19.1 Å². The second kappa shape index (κ2) is 6.88. The van der Waals surface area contributed by atoms with Crippen molar-refractivity contribution in [1.29, 1.82) is 0 Å². The molecule has 0 aliphatic carbocycles. The van der Waals surface area contributed by atoms with Crippen molar-refractivity contribution in [2.45, 2.75) is 38.5 Å². The third-order valence-corrected chi connectivity index (χ3v) is 3.86. The van der Waals surface area contributed by atoms with Gasteiger partial charge in [-0.15, -0.1) is 0 Å². The maximum absolute atomic E-state index is 5.79. The van der Waals surface area contributed by atoms with Crippen molar-refractivity contribution in [3.8, 4) is 0 Å². The molecule has 1 aliphatic rings. The molecule has 18 heavy (non-hydrogen) atoms. The van der Waals surface area contributed by atoms with E-state index >= 15 is 0 Å². The molecule has 2 N–H and O–H groups in total. The molecule has 0 aromatic heterocycles. The van der Waals surface area contributed by atoms with Crippen LogP contribution < -0.4 is 5.73 Å². The molecule has 1 aromatic carbocycles. The van der Waals surface area contributed by atoms with Gasteiger partial charge >= 0.3 is 0 Å². The van der Waals surface area contributed by atoms with Gasteiger partial charge in [-0.1, -0.05) is 24.3 Å². The molecule has 0 bridgehead atoms. The summed E-state index contributed by atoms with van der Waals surface area (Å²) in [5.41, 5.74) is 8.12. The monoisotopic (exact) mass is 248 g/mol. The smallest absolute Gasteiger partial charge is 0.0720 e. The second-order valence-electron chi connectivity index (χ2n) is 5.09. The number of benzene rings is 1. The van der Waals surface area contributed by atoms with Gasteiger partial charge in [0, 0.05) is 19.2 Å². The number of rotatable bonds is 6. The molecule has 0 spiro atoms. The predicted molar refractivity (Wildman–Crippen MR) is 74.3 cm³/mol. The Kier molecular flexibility index (Phi) is 5.17. The van der Waals surface area contributed by atoms with E-state index in [1.54, 1.807) is 0 Å². The van der Waals surface area contributed by atoms with Crippen LogP contribution in [0.2, 0.25) is 0 Å². The SMILES string of the molecule is CN1CCCC1CCOCc1ccccc1CN. The summed E-state index contributed by atoms with van der Waals surface area (Å²) in [6.45, 7) is 3.35. The molecule has 1 fully saturated rings. The Morgan fingerprint density at radius 2 is 2.11 bits per heavy atom. The fourth-order valence-corrected chi connectivity index (χ4v) is 2.64. The standard InChI is InChI=1S/C15H24N2O/c1-17-9-4-7-15(17)8-10-18-12-14-6-3-2-5-13(14)11-16/h2-3,5-6,15H,4,7-12,16H2,1H3. The number of hydrogen-bond acceptors (Lipinski definition) is 3. The topological polar surface area (TPSA) is 38.5 Å². The highest BCUT2D eigenvalue weighted by molar-refractivity contribution is 5.26. The van der Waals surface area contributed by atoms with Crippen LogP contribution in [0, 0.1) is 0 Å². The normalized spacial score (nSPS) is 20.4. The van der Waals surface area contributed by atoms with Gasteiger partial charge in [0.05, 0.1) is 6.61 Å². The van der Waals surface area contributed by atoms with Crippen molar-refractivity contribution in [2.75, 3.05) is 20.2 Å². The highest BCUT2D eigenvalue weighted by Crippen LogP contribution is 2.18. The summed E-state index contributed by atoms with van der Waals surface area (Å²) >= 11 is 0. The highest BCUT2D eigenvalue weighted by atomic mass is 16.5. The third-order valence-electron chi connectivity index (χ3n) is 3.86. The zero-order chi connectivity index (χ0) is 12.8. The van der Waals surface area contributed by atoms with E-state index in [9.17, 15) is 0 Å². The van der Waals surface area contributed by atoms with Gasteiger partial charge in [-0.3, -0.25) is 0 Å². The quantitative estimate of drug-likeness (QED) is 0.784. The van der Waals surface area contributed by atoms with Crippen LogP contribution in [0.1, 0.15) is 30.4 Å². The molecule has 0 radical (unpaired) electrons. The summed E-state index contributed by atoms with van der Waals surface area (Å²) in [6, 6.07) is 8.96. The zero-order valence-corrected chi connectivity index (χ0v) is 11.3. The highest BCUT2D eigenvalue weighted by Gasteiger charge is 2.19. The number of hydrogen-bond donors (Lipinski definition) is 1. The molecule has 0 saturated carbocycles. The molecule has 1 aromatic rings. The molecule has 3 heteroatoms. The summed E-state index contributed by atoms with van der Waals surface area (Å²) in [5.74, 6) is 0. The van der Waals surface area contributed by atoms with Crippen molar-refractivity contribution >= 4 is 0 Å². The Bertz CT molecular complexity index is 367. The fraction of sp³-hybridized carbons (Fsp3) is 0.600. The largest absolute Gasteiger partial charge is 0.377 e. The molecular weight excluding hydrogens is 224 g/mol. The van der Waals surface area contributed by atoms with Gasteiger partial charge in [-0.2, -0.15) is 0 Å². The van der Waals surface area contributed by atoms with Crippen molar-refractivity contribution in [3.63, 3.8) is 0 Å². The van der Waals surface area contributed by atoms with Gasteiger partial charge in [0.25, 0.3) is 0 Å². The van der Waals surface area contributed by atoms with Crippen LogP contribution in [-0.2, 0) is 17.9 Å². The summed E-state index contributed by atoms with van der Waals surface area (Å²) < 4.78 is 5.79. The number of likely N-dealkylation sites (tertiary alicyclic amines) is 1. The first-order valence-corrected chi connectivity index (χ1v) is 6.86. The molecule has 1 saturated heterocycles. The zero-order valence-electron chi connectivity index (χ0n) is 11.3. The Morgan fingerprint density at radius 1 is 1.33 bits per heavy atom. The minimum atomic E-state index is 0.588. The first-order chi connectivity index (χ1) is 8.81. The molecule has 1 atom stereocenters. The van der Waals surface area contributed by atoms with E-state index in [-0.39, 0.29) is 0 Å². The van der Waals surface area contributed by atoms with Gasteiger partial charge in [-0.25, -0.2) is 0 Å². The maximum Gasteiger partial charge on any atom is 0.0720 e. The molecule has 2 rings (SSSR count). The lowest BCUT2D eigenvalue weighted by atomic mass is 10.1. The first kappa shape index (κ1) is 13.5. The molecular formula is C15H24N2O. The summed E-state index contributed by atoms with van der Waals surface area (Å²) in [6.07, 6.45) is 3.79. The van der Waals surface area contributed by atoms with E-state index < -0.39 is 0 Å². The molecule has 1 heterocycles. The molecule has 0 amide bonds. The summed E-state index contributed by atoms with van der Waals surface area (Å²) in [4.78, 5) is 2.44. The fourth-order valence-electron chi connectivity index (χ4n) is 2.64. The van der Waals surface area contributed by atoms with Crippen LogP contribution in [0.4, 0.5) is 0 Å². The minimum Gasteiger partial charge on any atom is -0.377 e. The van der Waals surface area contributed by atoms with Crippen LogP contribution in [0.25, 0.3) is 0 Å². The van der Waals surface area contributed by atoms with Gasteiger partial charge < -0.3 is 15.4 Å². The summed E-state index contributed by atoms with van der Waals surface area (Å²) in [5, 5.41) is 0. The Labute approximate surface area is 110 Å². The van der Waals surface area contributed by atoms with E-state index in [1.165, 1.54) is 30.5 Å². The van der Waals surface area contributed by atoms with Gasteiger partial charge in [0.15, 0.2) is 0 Å². The van der Waals surface area contributed by atoms with E-state index in [2.05, 4.69) is 24.1 Å². The van der Waals surface area contributed by atoms with Crippen LogP contribution in [0.3, 0.4) is 0 Å². The maximum atomic E-state index is 5.79. The van der Waals surface area contributed by atoms with Crippen molar-refractivity contribution < 1.29 is 4.74 Å². The summed E-state index contributed by atoms with van der Waals surface area (Å²) in [7, 11) is 2.21. The van der Waals surface area contributed by atoms with Crippen molar-refractivity contribution in [2.24, 2.45) is 5.73 Å². The predicted octanol–water partition coefficient (Wildman–Crippen LogP) is 2.15. The van der Waals surface area contributed by atoms with E-state index in [1.807, 2.05) is 12.1 Å². The minimum absolute atomic E-state index is 0.588. The lowest BCUT2D eigenvalue weighted by molar-refractivity contribution is 0.101. The number of ether oxygens (including phenoxy) is 1. The van der Waals surface area contributed by atoms with Crippen LogP contribution in [0.5, 0.6) is 0 Å². The first-order valence-electron chi connectivity index (χ1n) is 6.86. The Hall–Kier alpha value is -0.900. The third kappa shape index (κ3) is 3.55. The van der Waals surface area contributed by atoms with Crippen molar-refractivity contribution in [3.05, 3.63) is 35.4 Å². The van der Waals surface area contributed by atoms with Gasteiger partial charge in [0.2, 0.25) is 0 Å². The lowest BCUT2D eigenvalue weighted by Crippen LogP contribution is -2.26. The van der Waals surface area contributed by atoms with E-state index in [0.29, 0.717) is 13.2 Å². The van der Waals surface area contributed by atoms with Crippen LogP contribution >= 0.6 is 0 Å². The molecule has 3 nitrogen and oxygen atoms in total. The Morgan fingerprint density at radius 3 is 2.78 bits per heavy atom. The lowest BCUT2D eigenvalue weighted by Gasteiger charge is -2.19. The van der Waals surface area contributed by atoms with Crippen molar-refractivity contribution in [1.82, 2.24) is 4.90 Å². The van der Waals surface area contributed by atoms with Crippen LogP contribution in [-0.4, -0.2) is 31.1 Å². The second-order valence-corrected chi connectivity index (χ2v) is 5.09. The molecule has 1 unspecified atom stereocenters. The molecule has 100 valence electrons. The number of nitrogens with two attached hydrogens (primary N) is 1. The van der Waals surface area contributed by atoms with Gasteiger partial charge in [0.1, 0.15) is 0 Å². The molecule has 1 aliphatic heterocycles. The average molecular weight is 248 g/mol. The van der Waals surface area contributed by atoms with E-state index in [4.69, 9.17) is 10.5 Å². The van der Waals surface area contributed by atoms with Gasteiger partial charge in [-0.05, 0) is 44.0 Å². The Balaban J connectivity index is 1.71. The number of nitrogens with zero attached hydrogens (tertiary/aromatic N) is 1.